The normalized spacial score (nSPS) is 12.4. The van der Waals surface area contributed by atoms with Gasteiger partial charge in [0.05, 0.1) is 5.25 Å². The van der Waals surface area contributed by atoms with Gasteiger partial charge in [-0.15, -0.1) is 11.3 Å². The van der Waals surface area contributed by atoms with Gasteiger partial charge in [-0.1, -0.05) is 11.8 Å². The van der Waals surface area contributed by atoms with Crippen molar-refractivity contribution in [1.29, 1.82) is 0 Å². The Morgan fingerprint density at radius 3 is 3.06 bits per heavy atom. The Morgan fingerprint density at radius 2 is 2.44 bits per heavy atom. The first-order valence-electron chi connectivity index (χ1n) is 6.07. The summed E-state index contributed by atoms with van der Waals surface area (Å²) in [5, 5.41) is 4.79. The van der Waals surface area contributed by atoms with Gasteiger partial charge < -0.3 is 10.1 Å². The Balaban J connectivity index is 2.20. The van der Waals surface area contributed by atoms with Crippen LogP contribution in [-0.4, -0.2) is 35.9 Å². The van der Waals surface area contributed by atoms with Crippen LogP contribution in [0.25, 0.3) is 0 Å². The van der Waals surface area contributed by atoms with Gasteiger partial charge >= 0.3 is 0 Å². The van der Waals surface area contributed by atoms with Crippen molar-refractivity contribution in [1.82, 2.24) is 10.3 Å². The number of carbonyl (C=O) groups excluding carboxylic acids is 1. The van der Waals surface area contributed by atoms with E-state index in [9.17, 15) is 4.79 Å². The molecule has 18 heavy (non-hydrogen) atoms. The van der Waals surface area contributed by atoms with Crippen LogP contribution in [-0.2, 0) is 9.53 Å². The fraction of sp³-hybridized carbons (Fsp3) is 0.667. The standard InChI is InChI=1S/C12H20N2O2S2/c1-4-16-7-5-6-13-11(15)10(3)18-12-14-9(2)8-17-12/h8,10H,4-7H2,1-3H3,(H,13,15). The molecule has 0 aliphatic heterocycles. The number of nitrogens with zero attached hydrogens (tertiary/aromatic N) is 1. The zero-order valence-corrected chi connectivity index (χ0v) is 12.7. The Hall–Kier alpha value is -0.590. The second kappa shape index (κ2) is 8.50. The maximum atomic E-state index is 11.8. The summed E-state index contributed by atoms with van der Waals surface area (Å²) >= 11 is 3.09. The first-order chi connectivity index (χ1) is 8.63. The van der Waals surface area contributed by atoms with Gasteiger partial charge in [0.15, 0.2) is 4.34 Å². The number of nitrogens with one attached hydrogen (secondary N) is 1. The number of hydrogen-bond donors (Lipinski definition) is 1. The number of ether oxygens (including phenoxy) is 1. The highest BCUT2D eigenvalue weighted by Gasteiger charge is 2.15. The van der Waals surface area contributed by atoms with Crippen molar-refractivity contribution in [2.24, 2.45) is 0 Å². The molecule has 1 N–H and O–H groups in total. The smallest absolute Gasteiger partial charge is 0.233 e. The van der Waals surface area contributed by atoms with Gasteiger partial charge in [0.1, 0.15) is 0 Å². The molecule has 0 aromatic carbocycles. The molecule has 1 rings (SSSR count). The van der Waals surface area contributed by atoms with Gasteiger partial charge in [-0.2, -0.15) is 0 Å². The molecular formula is C12H20N2O2S2. The Kier molecular flexibility index (Phi) is 7.31. The topological polar surface area (TPSA) is 51.2 Å². The number of hydrogen-bond acceptors (Lipinski definition) is 5. The van der Waals surface area contributed by atoms with Crippen molar-refractivity contribution < 1.29 is 9.53 Å². The minimum absolute atomic E-state index is 0.0596. The third-order valence-corrected chi connectivity index (χ3v) is 4.40. The number of amides is 1. The SMILES string of the molecule is CCOCCCNC(=O)C(C)Sc1nc(C)cs1. The quantitative estimate of drug-likeness (QED) is 0.590. The van der Waals surface area contributed by atoms with Crippen LogP contribution in [0.2, 0.25) is 0 Å². The van der Waals surface area contributed by atoms with Crippen LogP contribution < -0.4 is 5.32 Å². The molecule has 1 heterocycles. The van der Waals surface area contributed by atoms with Crippen molar-refractivity contribution in [2.75, 3.05) is 19.8 Å². The van der Waals surface area contributed by atoms with E-state index in [1.165, 1.54) is 11.8 Å². The van der Waals surface area contributed by atoms with Crippen molar-refractivity contribution in [2.45, 2.75) is 36.8 Å². The van der Waals surface area contributed by atoms with E-state index >= 15 is 0 Å². The van der Waals surface area contributed by atoms with Crippen molar-refractivity contribution in [3.63, 3.8) is 0 Å². The van der Waals surface area contributed by atoms with Gasteiger partial charge in [0.2, 0.25) is 5.91 Å². The molecule has 0 aliphatic carbocycles. The lowest BCUT2D eigenvalue weighted by Crippen LogP contribution is -2.32. The van der Waals surface area contributed by atoms with Gasteiger partial charge in [-0.05, 0) is 27.2 Å². The lowest BCUT2D eigenvalue weighted by molar-refractivity contribution is -0.120. The highest BCUT2D eigenvalue weighted by molar-refractivity contribution is 8.02. The summed E-state index contributed by atoms with van der Waals surface area (Å²) in [5.74, 6) is 0.0596. The molecule has 0 saturated carbocycles. The molecule has 0 bridgehead atoms. The number of thioether (sulfide) groups is 1. The molecule has 0 saturated heterocycles. The summed E-state index contributed by atoms with van der Waals surface area (Å²) in [6, 6.07) is 0. The zero-order valence-electron chi connectivity index (χ0n) is 11.1. The van der Waals surface area contributed by atoms with E-state index in [-0.39, 0.29) is 11.2 Å². The fourth-order valence-corrected chi connectivity index (χ4v) is 3.28. The average molecular weight is 288 g/mol. The number of thiazole rings is 1. The van der Waals surface area contributed by atoms with Crippen LogP contribution in [0.1, 0.15) is 26.0 Å². The van der Waals surface area contributed by atoms with Crippen LogP contribution in [0.5, 0.6) is 0 Å². The van der Waals surface area contributed by atoms with Crippen LogP contribution in [0.3, 0.4) is 0 Å². The summed E-state index contributed by atoms with van der Waals surface area (Å²) < 4.78 is 6.16. The number of aryl methyl sites for hydroxylation is 1. The first kappa shape index (κ1) is 15.5. The number of carbonyl (C=O) groups is 1. The molecule has 1 unspecified atom stereocenters. The number of aromatic nitrogens is 1. The van der Waals surface area contributed by atoms with E-state index in [2.05, 4.69) is 10.3 Å². The highest BCUT2D eigenvalue weighted by Crippen LogP contribution is 2.26. The van der Waals surface area contributed by atoms with Crippen LogP contribution >= 0.6 is 23.1 Å². The van der Waals surface area contributed by atoms with E-state index in [4.69, 9.17) is 4.74 Å². The Bertz CT molecular complexity index is 369. The Labute approximate surface area is 117 Å². The van der Waals surface area contributed by atoms with E-state index in [0.29, 0.717) is 13.2 Å². The molecule has 0 fully saturated rings. The first-order valence-corrected chi connectivity index (χ1v) is 7.83. The molecular weight excluding hydrogens is 268 g/mol. The van der Waals surface area contributed by atoms with Crippen LogP contribution in [0, 0.1) is 6.92 Å². The summed E-state index contributed by atoms with van der Waals surface area (Å²) in [5.41, 5.74) is 1.01. The third-order valence-electron chi connectivity index (χ3n) is 2.21. The summed E-state index contributed by atoms with van der Waals surface area (Å²) in [4.78, 5) is 16.1. The lowest BCUT2D eigenvalue weighted by Gasteiger charge is -2.10. The summed E-state index contributed by atoms with van der Waals surface area (Å²) in [7, 11) is 0. The van der Waals surface area contributed by atoms with E-state index < -0.39 is 0 Å². The Morgan fingerprint density at radius 1 is 1.67 bits per heavy atom. The van der Waals surface area contributed by atoms with Crippen molar-refractivity contribution in [3.8, 4) is 0 Å². The van der Waals surface area contributed by atoms with Gasteiger partial charge in [0, 0.05) is 30.8 Å². The average Bonchev–Trinajstić information content (AvgIpc) is 2.74. The molecule has 102 valence electrons. The molecule has 1 atom stereocenters. The van der Waals surface area contributed by atoms with E-state index in [1.54, 1.807) is 11.3 Å². The van der Waals surface area contributed by atoms with Gasteiger partial charge in [0.25, 0.3) is 0 Å². The fourth-order valence-electron chi connectivity index (χ4n) is 1.27. The maximum absolute atomic E-state index is 11.8. The maximum Gasteiger partial charge on any atom is 0.233 e. The molecule has 0 aliphatic rings. The summed E-state index contributed by atoms with van der Waals surface area (Å²) in [6.07, 6.45) is 0.854. The molecule has 1 aromatic rings. The molecule has 0 spiro atoms. The van der Waals surface area contributed by atoms with E-state index in [1.807, 2.05) is 26.2 Å². The largest absolute Gasteiger partial charge is 0.382 e. The molecule has 4 nitrogen and oxygen atoms in total. The van der Waals surface area contributed by atoms with Crippen molar-refractivity contribution >= 4 is 29.0 Å². The predicted octanol–water partition coefficient (Wildman–Crippen LogP) is 2.47. The van der Waals surface area contributed by atoms with Gasteiger partial charge in [-0.25, -0.2) is 4.98 Å². The second-order valence-corrected chi connectivity index (χ2v) is 6.30. The lowest BCUT2D eigenvalue weighted by atomic mass is 10.4. The van der Waals surface area contributed by atoms with Gasteiger partial charge in [-0.3, -0.25) is 4.79 Å². The van der Waals surface area contributed by atoms with E-state index in [0.717, 1.165) is 23.1 Å². The minimum Gasteiger partial charge on any atom is -0.382 e. The third kappa shape index (κ3) is 5.84. The monoisotopic (exact) mass is 288 g/mol. The number of rotatable bonds is 8. The highest BCUT2D eigenvalue weighted by atomic mass is 32.2. The minimum atomic E-state index is -0.109. The second-order valence-electron chi connectivity index (χ2n) is 3.86. The molecule has 6 heteroatoms. The predicted molar refractivity (Wildman–Crippen MR) is 76.3 cm³/mol. The molecule has 1 aromatic heterocycles. The molecule has 1 amide bonds. The van der Waals surface area contributed by atoms with Crippen molar-refractivity contribution in [3.05, 3.63) is 11.1 Å². The van der Waals surface area contributed by atoms with Crippen LogP contribution in [0.4, 0.5) is 0 Å². The zero-order chi connectivity index (χ0) is 13.4. The van der Waals surface area contributed by atoms with Crippen LogP contribution in [0.15, 0.2) is 9.72 Å². The molecule has 0 radical (unpaired) electrons. The summed E-state index contributed by atoms with van der Waals surface area (Å²) in [6.45, 7) is 7.92.